The standard InChI is InChI=1S/C18H18ClFN4O/c1-18(19)23-16(10-12-6-8-15(25-2)9-7-12)22-17(24-18)21-14-5-3-4-13(20)11-14/h3-9,11H,10H2,1-2H3,(H2,21,22,23,24). The number of alkyl halides is 1. The predicted octanol–water partition coefficient (Wildman–Crippen LogP) is 3.76. The van der Waals surface area contributed by atoms with E-state index in [0.717, 1.165) is 11.3 Å². The molecule has 0 spiro atoms. The fraction of sp³-hybridized carbons (Fsp3) is 0.222. The normalized spacial score (nSPS) is 19.5. The first-order chi connectivity index (χ1) is 11.9. The molecule has 3 rings (SSSR count). The second-order valence-corrected chi connectivity index (χ2v) is 6.43. The van der Waals surface area contributed by atoms with Crippen molar-refractivity contribution in [1.29, 1.82) is 0 Å². The first-order valence-corrected chi connectivity index (χ1v) is 8.11. The number of hydrogen-bond donors (Lipinski definition) is 2. The van der Waals surface area contributed by atoms with Crippen molar-refractivity contribution in [3.8, 4) is 5.75 Å². The zero-order valence-electron chi connectivity index (χ0n) is 13.9. The number of anilines is 1. The van der Waals surface area contributed by atoms with E-state index in [-0.39, 0.29) is 5.82 Å². The van der Waals surface area contributed by atoms with Gasteiger partial charge >= 0.3 is 0 Å². The highest BCUT2D eigenvalue weighted by Crippen LogP contribution is 2.22. The average Bonchev–Trinajstić information content (AvgIpc) is 2.54. The van der Waals surface area contributed by atoms with Crippen molar-refractivity contribution in [2.24, 2.45) is 9.98 Å². The highest BCUT2D eigenvalue weighted by atomic mass is 35.5. The number of amidine groups is 1. The van der Waals surface area contributed by atoms with Crippen LogP contribution in [0.2, 0.25) is 0 Å². The van der Waals surface area contributed by atoms with Gasteiger partial charge in [-0.3, -0.25) is 0 Å². The summed E-state index contributed by atoms with van der Waals surface area (Å²) < 4.78 is 18.5. The van der Waals surface area contributed by atoms with Crippen LogP contribution in [0.3, 0.4) is 0 Å². The van der Waals surface area contributed by atoms with E-state index >= 15 is 0 Å². The molecule has 130 valence electrons. The van der Waals surface area contributed by atoms with Gasteiger partial charge in [0.25, 0.3) is 0 Å². The lowest BCUT2D eigenvalue weighted by molar-refractivity contribution is 0.414. The summed E-state index contributed by atoms with van der Waals surface area (Å²) in [6.45, 7) is 1.69. The quantitative estimate of drug-likeness (QED) is 0.644. The summed E-state index contributed by atoms with van der Waals surface area (Å²) in [5.41, 5.74) is 1.62. The first-order valence-electron chi connectivity index (χ1n) is 7.73. The SMILES string of the molecule is COc1ccc(CC2=NC(C)(Cl)N=C(Nc3cccc(F)c3)N2)cc1. The molecule has 25 heavy (non-hydrogen) atoms. The maximum atomic E-state index is 13.3. The van der Waals surface area contributed by atoms with Crippen LogP contribution in [0.1, 0.15) is 12.5 Å². The van der Waals surface area contributed by atoms with E-state index in [0.29, 0.717) is 23.9 Å². The van der Waals surface area contributed by atoms with E-state index < -0.39 is 5.12 Å². The molecule has 2 N–H and O–H groups in total. The molecular formula is C18H18ClFN4O. The van der Waals surface area contributed by atoms with Gasteiger partial charge in [0.15, 0.2) is 0 Å². The molecule has 0 amide bonds. The fourth-order valence-corrected chi connectivity index (χ4v) is 2.64. The van der Waals surface area contributed by atoms with E-state index in [1.807, 2.05) is 24.3 Å². The highest BCUT2D eigenvalue weighted by molar-refractivity contribution is 6.26. The van der Waals surface area contributed by atoms with Crippen LogP contribution in [-0.4, -0.2) is 24.0 Å². The van der Waals surface area contributed by atoms with Crippen molar-refractivity contribution in [2.75, 3.05) is 12.4 Å². The number of nitrogens with zero attached hydrogens (tertiary/aromatic N) is 2. The Morgan fingerprint density at radius 2 is 1.96 bits per heavy atom. The van der Waals surface area contributed by atoms with Crippen molar-refractivity contribution in [3.63, 3.8) is 0 Å². The second kappa shape index (κ2) is 7.11. The summed E-state index contributed by atoms with van der Waals surface area (Å²) >= 11 is 6.32. The molecule has 0 fully saturated rings. The summed E-state index contributed by atoms with van der Waals surface area (Å²) in [4.78, 5) is 8.69. The van der Waals surface area contributed by atoms with Crippen molar-refractivity contribution >= 4 is 29.1 Å². The van der Waals surface area contributed by atoms with Gasteiger partial charge in [-0.1, -0.05) is 29.8 Å². The Balaban J connectivity index is 1.74. The molecule has 2 aromatic rings. The predicted molar refractivity (Wildman–Crippen MR) is 99.0 cm³/mol. The van der Waals surface area contributed by atoms with Crippen molar-refractivity contribution < 1.29 is 9.13 Å². The van der Waals surface area contributed by atoms with Crippen LogP contribution in [0.25, 0.3) is 0 Å². The summed E-state index contributed by atoms with van der Waals surface area (Å²) in [6.07, 6.45) is 0.552. The van der Waals surface area contributed by atoms with E-state index in [4.69, 9.17) is 16.3 Å². The Bertz CT molecular complexity index is 818. The molecule has 1 unspecified atom stereocenters. The van der Waals surface area contributed by atoms with Gasteiger partial charge in [0.2, 0.25) is 11.1 Å². The van der Waals surface area contributed by atoms with Gasteiger partial charge in [-0.2, -0.15) is 0 Å². The largest absolute Gasteiger partial charge is 0.497 e. The number of halogens is 2. The zero-order valence-corrected chi connectivity index (χ0v) is 14.6. The van der Waals surface area contributed by atoms with E-state index in [1.165, 1.54) is 12.1 Å². The molecule has 1 aliphatic rings. The molecule has 1 heterocycles. The lowest BCUT2D eigenvalue weighted by Gasteiger charge is -2.25. The van der Waals surface area contributed by atoms with Crippen molar-refractivity contribution in [2.45, 2.75) is 18.5 Å². The molecule has 0 bridgehead atoms. The van der Waals surface area contributed by atoms with E-state index in [9.17, 15) is 4.39 Å². The van der Waals surface area contributed by atoms with Gasteiger partial charge in [-0.25, -0.2) is 14.4 Å². The number of guanidine groups is 1. The Morgan fingerprint density at radius 1 is 1.20 bits per heavy atom. The van der Waals surface area contributed by atoms with Gasteiger partial charge < -0.3 is 15.4 Å². The number of rotatable bonds is 4. The van der Waals surface area contributed by atoms with Crippen LogP contribution in [0.15, 0.2) is 58.5 Å². The second-order valence-electron chi connectivity index (χ2n) is 5.71. The van der Waals surface area contributed by atoms with Gasteiger partial charge in [0, 0.05) is 12.1 Å². The van der Waals surface area contributed by atoms with Gasteiger partial charge in [-0.05, 0) is 42.8 Å². The third-order valence-corrected chi connectivity index (χ3v) is 3.70. The maximum Gasteiger partial charge on any atom is 0.227 e. The molecule has 0 saturated carbocycles. The number of nitrogens with one attached hydrogen (secondary N) is 2. The summed E-state index contributed by atoms with van der Waals surface area (Å²) in [5, 5.41) is 5.01. The van der Waals surface area contributed by atoms with Crippen LogP contribution in [0.4, 0.5) is 10.1 Å². The van der Waals surface area contributed by atoms with Gasteiger partial charge in [0.05, 0.1) is 7.11 Å². The Hall–Kier alpha value is -2.60. The lowest BCUT2D eigenvalue weighted by Crippen LogP contribution is -2.43. The molecular weight excluding hydrogens is 343 g/mol. The number of aliphatic imine (C=N–C) groups is 2. The Morgan fingerprint density at radius 3 is 2.64 bits per heavy atom. The average molecular weight is 361 g/mol. The molecule has 2 aromatic carbocycles. The lowest BCUT2D eigenvalue weighted by atomic mass is 10.1. The number of hydrogen-bond acceptors (Lipinski definition) is 5. The van der Waals surface area contributed by atoms with E-state index in [1.54, 1.807) is 26.2 Å². The minimum atomic E-state index is -1.12. The third-order valence-electron chi connectivity index (χ3n) is 3.54. The minimum Gasteiger partial charge on any atom is -0.497 e. The fourth-order valence-electron chi connectivity index (χ4n) is 2.45. The van der Waals surface area contributed by atoms with E-state index in [2.05, 4.69) is 20.6 Å². The van der Waals surface area contributed by atoms with Crippen molar-refractivity contribution in [1.82, 2.24) is 5.32 Å². The van der Waals surface area contributed by atoms with Crippen molar-refractivity contribution in [3.05, 3.63) is 59.9 Å². The summed E-state index contributed by atoms with van der Waals surface area (Å²) in [6, 6.07) is 13.8. The molecule has 1 aliphatic heterocycles. The molecule has 1 atom stereocenters. The Labute approximate surface area is 150 Å². The summed E-state index contributed by atoms with van der Waals surface area (Å²) in [7, 11) is 1.63. The molecule has 7 heteroatoms. The monoisotopic (exact) mass is 360 g/mol. The van der Waals surface area contributed by atoms with Crippen LogP contribution < -0.4 is 15.4 Å². The van der Waals surface area contributed by atoms with Crippen LogP contribution in [-0.2, 0) is 6.42 Å². The van der Waals surface area contributed by atoms with Gasteiger partial charge in [0.1, 0.15) is 17.4 Å². The van der Waals surface area contributed by atoms with Crippen LogP contribution in [0.5, 0.6) is 5.75 Å². The smallest absolute Gasteiger partial charge is 0.227 e. The van der Waals surface area contributed by atoms with Crippen LogP contribution >= 0.6 is 11.6 Å². The highest BCUT2D eigenvalue weighted by Gasteiger charge is 2.25. The number of methoxy groups -OCH3 is 1. The van der Waals surface area contributed by atoms with Crippen LogP contribution in [0, 0.1) is 5.82 Å². The molecule has 0 radical (unpaired) electrons. The Kier molecular flexibility index (Phi) is 4.90. The topological polar surface area (TPSA) is 58.0 Å². The maximum absolute atomic E-state index is 13.3. The molecule has 0 aliphatic carbocycles. The number of ether oxygens (including phenoxy) is 1. The first kappa shape index (κ1) is 17.2. The van der Waals surface area contributed by atoms with Gasteiger partial charge in [-0.15, -0.1) is 0 Å². The molecule has 0 aromatic heterocycles. The molecule has 0 saturated heterocycles. The third kappa shape index (κ3) is 4.70. The zero-order chi connectivity index (χ0) is 17.9. The summed E-state index contributed by atoms with van der Waals surface area (Å²) in [5.74, 6) is 1.54. The number of benzene rings is 2. The minimum absolute atomic E-state index is 0.331. The molecule has 5 nitrogen and oxygen atoms in total.